The summed E-state index contributed by atoms with van der Waals surface area (Å²) in [7, 11) is 0. The van der Waals surface area contributed by atoms with Gasteiger partial charge in [-0.2, -0.15) is 0 Å². The molecule has 2 aromatic heterocycles. The maximum Gasteiger partial charge on any atom is 0.164 e. The Morgan fingerprint density at radius 1 is 0.176 bits per heavy atom. The van der Waals surface area contributed by atoms with E-state index in [1.54, 1.807) is 0 Å². The van der Waals surface area contributed by atoms with E-state index in [4.69, 9.17) is 39.4 Å². The molecule has 2 atom stereocenters. The van der Waals surface area contributed by atoms with Gasteiger partial charge in [0, 0.05) is 67.5 Å². The van der Waals surface area contributed by atoms with Gasteiger partial charge in [0.25, 0.3) is 0 Å². The molecule has 2 spiro atoms. The molecular weight excluding hydrogens is 1320 g/mol. The van der Waals surface area contributed by atoms with Gasteiger partial charge in [0.15, 0.2) is 34.9 Å². The first-order chi connectivity index (χ1) is 53.5. The molecule has 0 fully saturated rings. The summed E-state index contributed by atoms with van der Waals surface area (Å²) in [5, 5.41) is 0. The Labute approximate surface area is 623 Å². The highest BCUT2D eigenvalue weighted by molar-refractivity contribution is 5.92. The standard InChI is InChI=1S/C100H60N6O2/c1-3-23-59(24-4-1)93-101-95(65-29-21-27-61(53-65)63-47-51-89-85(57-63)99(83-41-17-19-43-87(83)107-89)79-37-13-9-31-69(79)70-32-10-14-38-80(70)99)105-97(103-93)67-45-49-75-77(55-67)91-73-35-7-8-36-74(73)92(75)78-56-68(46-50-76(78)91)98-104-94(60-25-5-2-6-26-60)102-96(106-98)66-30-22-28-62(54-66)64-48-52-90-86(58-64)100(84-42-18-20-44-88(84)108-90)81-39-15-11-33-71(81)72-34-12-16-40-82(72)100/h1-58,91-92H. The number of fused-ring (bicyclic) bond motifs is 18. The molecule has 108 heavy (non-hydrogen) atoms. The van der Waals surface area contributed by atoms with Gasteiger partial charge >= 0.3 is 0 Å². The van der Waals surface area contributed by atoms with Crippen molar-refractivity contribution in [2.75, 3.05) is 0 Å². The fourth-order valence-electron chi connectivity index (χ4n) is 18.9. The smallest absolute Gasteiger partial charge is 0.164 e. The van der Waals surface area contributed by atoms with Crippen LogP contribution in [0.15, 0.2) is 352 Å². The maximum absolute atomic E-state index is 6.84. The van der Waals surface area contributed by atoms with E-state index in [0.717, 1.165) is 101 Å². The molecule has 0 amide bonds. The van der Waals surface area contributed by atoms with Crippen LogP contribution in [-0.2, 0) is 10.8 Å². The van der Waals surface area contributed by atoms with E-state index < -0.39 is 10.8 Å². The van der Waals surface area contributed by atoms with Gasteiger partial charge in [-0.05, 0) is 161 Å². The van der Waals surface area contributed by atoms with Crippen LogP contribution in [0, 0.1) is 0 Å². The second-order valence-corrected chi connectivity index (χ2v) is 29.0. The second kappa shape index (κ2) is 23.2. The molecule has 2 aliphatic heterocycles. The third-order valence-corrected chi connectivity index (χ3v) is 23.5. The summed E-state index contributed by atoms with van der Waals surface area (Å²) < 4.78 is 13.7. The van der Waals surface area contributed by atoms with Crippen molar-refractivity contribution in [2.24, 2.45) is 0 Å². The van der Waals surface area contributed by atoms with Crippen LogP contribution in [-0.4, -0.2) is 29.9 Å². The van der Waals surface area contributed by atoms with Crippen molar-refractivity contribution in [1.29, 1.82) is 0 Å². The Morgan fingerprint density at radius 2 is 0.444 bits per heavy atom. The quantitative estimate of drug-likeness (QED) is 0.148. The highest BCUT2D eigenvalue weighted by Gasteiger charge is 2.53. The van der Waals surface area contributed by atoms with Crippen molar-refractivity contribution in [3.05, 3.63) is 430 Å². The Balaban J connectivity index is 0.610. The first-order valence-electron chi connectivity index (χ1n) is 36.9. The van der Waals surface area contributed by atoms with Crippen LogP contribution in [0.4, 0.5) is 0 Å². The Morgan fingerprint density at radius 3 is 0.833 bits per heavy atom. The molecule has 502 valence electrons. The zero-order valence-corrected chi connectivity index (χ0v) is 58.1. The summed E-state index contributed by atoms with van der Waals surface area (Å²) in [5.41, 5.74) is 30.5. The average molecular weight is 1380 g/mol. The molecule has 2 unspecified atom stereocenters. The van der Waals surface area contributed by atoms with Crippen molar-refractivity contribution in [3.8, 4) is 136 Å². The van der Waals surface area contributed by atoms with Crippen molar-refractivity contribution >= 4 is 0 Å². The topological polar surface area (TPSA) is 95.8 Å². The SMILES string of the molecule is c1ccc(-c2nc(-c3cccc(-c4ccc5c(c4)C4(c6ccccc6O5)c5ccccc5-c5ccccc54)c3)nc(-c3ccc4c(c3)C3c5ccccc5C4c4cc(-c5nc(-c6ccccc6)nc(-c6cccc(-c7ccc8c(c7)C7(c9ccccc9O8)c8ccccc8-c8ccccc87)c6)n5)ccc43)n2)cc1. The van der Waals surface area contributed by atoms with Crippen LogP contribution in [0.2, 0.25) is 0 Å². The normalized spacial score (nSPS) is 15.1. The van der Waals surface area contributed by atoms with Crippen LogP contribution in [0.1, 0.15) is 89.7 Å². The molecule has 0 saturated carbocycles. The largest absolute Gasteiger partial charge is 0.457 e. The van der Waals surface area contributed by atoms with Crippen LogP contribution in [0.25, 0.3) is 113 Å². The van der Waals surface area contributed by atoms with Gasteiger partial charge in [0.1, 0.15) is 23.0 Å². The van der Waals surface area contributed by atoms with Gasteiger partial charge in [0.05, 0.1) is 10.8 Å². The number of ether oxygens (including phenoxy) is 2. The molecule has 8 nitrogen and oxygen atoms in total. The zero-order valence-electron chi connectivity index (χ0n) is 58.1. The highest BCUT2D eigenvalue weighted by atomic mass is 16.5. The average Bonchev–Trinajstić information content (AvgIpc) is 1.59. The summed E-state index contributed by atoms with van der Waals surface area (Å²) in [6.45, 7) is 0. The lowest BCUT2D eigenvalue weighted by Gasteiger charge is -2.42. The number of para-hydroxylation sites is 2. The third kappa shape index (κ3) is 8.74. The van der Waals surface area contributed by atoms with E-state index in [2.05, 4.69) is 315 Å². The van der Waals surface area contributed by atoms with E-state index in [1.165, 1.54) is 77.9 Å². The second-order valence-electron chi connectivity index (χ2n) is 29.0. The molecule has 2 bridgehead atoms. The number of benzene rings is 15. The van der Waals surface area contributed by atoms with Crippen LogP contribution in [0.5, 0.6) is 23.0 Å². The lowest BCUT2D eigenvalue weighted by Crippen LogP contribution is -2.32. The molecule has 5 aliphatic carbocycles. The van der Waals surface area contributed by atoms with E-state index in [-0.39, 0.29) is 11.8 Å². The fourth-order valence-corrected chi connectivity index (χ4v) is 18.9. The predicted molar refractivity (Wildman–Crippen MR) is 426 cm³/mol. The fraction of sp³-hybridized carbons (Fsp3) is 0.0400. The Bertz CT molecular complexity index is 6190. The van der Waals surface area contributed by atoms with Gasteiger partial charge in [-0.25, -0.2) is 29.9 Å². The molecule has 4 heterocycles. The van der Waals surface area contributed by atoms with Gasteiger partial charge in [-0.3, -0.25) is 0 Å². The minimum atomic E-state index is -0.593. The maximum atomic E-state index is 6.84. The van der Waals surface area contributed by atoms with E-state index in [1.807, 2.05) is 36.4 Å². The lowest BCUT2D eigenvalue weighted by molar-refractivity contribution is 0.436. The molecule has 8 heteroatoms. The Kier molecular flexibility index (Phi) is 13.0. The first kappa shape index (κ1) is 60.3. The summed E-state index contributed by atoms with van der Waals surface area (Å²) in [6, 6.07) is 126. The number of rotatable bonds is 8. The van der Waals surface area contributed by atoms with Gasteiger partial charge < -0.3 is 9.47 Å². The third-order valence-electron chi connectivity index (χ3n) is 23.5. The molecular formula is C100H60N6O2. The van der Waals surface area contributed by atoms with Gasteiger partial charge in [0.2, 0.25) is 0 Å². The van der Waals surface area contributed by atoms with Crippen LogP contribution in [0.3, 0.4) is 0 Å². The first-order valence-corrected chi connectivity index (χ1v) is 36.9. The predicted octanol–water partition coefficient (Wildman–Crippen LogP) is 23.3. The summed E-state index contributed by atoms with van der Waals surface area (Å²) in [6.07, 6.45) is 0. The number of hydrogen-bond donors (Lipinski definition) is 0. The van der Waals surface area contributed by atoms with Crippen molar-refractivity contribution in [2.45, 2.75) is 22.7 Å². The summed E-state index contributed by atoms with van der Waals surface area (Å²) in [4.78, 5) is 32.2. The molecule has 24 rings (SSSR count). The Hall–Kier alpha value is -14.1. The lowest BCUT2D eigenvalue weighted by atomic mass is 9.61. The molecule has 0 saturated heterocycles. The minimum Gasteiger partial charge on any atom is -0.457 e. The molecule has 15 aromatic carbocycles. The summed E-state index contributed by atoms with van der Waals surface area (Å²) in [5.74, 6) is 6.89. The van der Waals surface area contributed by atoms with Crippen LogP contribution >= 0.6 is 0 Å². The summed E-state index contributed by atoms with van der Waals surface area (Å²) >= 11 is 0. The highest BCUT2D eigenvalue weighted by Crippen LogP contribution is 2.65. The number of nitrogens with zero attached hydrogens (tertiary/aromatic N) is 6. The van der Waals surface area contributed by atoms with Crippen molar-refractivity contribution in [3.63, 3.8) is 0 Å². The monoisotopic (exact) mass is 1380 g/mol. The molecule has 0 radical (unpaired) electrons. The zero-order chi connectivity index (χ0) is 70.8. The van der Waals surface area contributed by atoms with E-state index in [9.17, 15) is 0 Å². The number of hydrogen-bond acceptors (Lipinski definition) is 8. The molecule has 0 N–H and O–H groups in total. The van der Waals surface area contributed by atoms with E-state index >= 15 is 0 Å². The number of aromatic nitrogens is 6. The van der Waals surface area contributed by atoms with Crippen molar-refractivity contribution in [1.82, 2.24) is 29.9 Å². The molecule has 17 aromatic rings. The van der Waals surface area contributed by atoms with Gasteiger partial charge in [-0.1, -0.05) is 291 Å². The van der Waals surface area contributed by atoms with Crippen LogP contribution < -0.4 is 9.47 Å². The van der Waals surface area contributed by atoms with E-state index in [0.29, 0.717) is 34.9 Å². The van der Waals surface area contributed by atoms with Gasteiger partial charge in [-0.15, -0.1) is 0 Å². The van der Waals surface area contributed by atoms with Crippen molar-refractivity contribution < 1.29 is 9.47 Å². The minimum absolute atomic E-state index is 0.0629. The molecule has 7 aliphatic rings.